The molecule has 4 N–H and O–H groups in total. The normalized spacial score (nSPS) is 19.0. The van der Waals surface area contributed by atoms with Crippen LogP contribution in [0.4, 0.5) is 16.2 Å². The monoisotopic (exact) mass is 450 g/mol. The predicted molar refractivity (Wildman–Crippen MR) is 126 cm³/mol. The first kappa shape index (κ1) is 22.8. The summed E-state index contributed by atoms with van der Waals surface area (Å²) < 4.78 is 5.40. The minimum atomic E-state index is -0.937. The first-order chi connectivity index (χ1) is 16.0. The summed E-state index contributed by atoms with van der Waals surface area (Å²) in [5.74, 6) is -0.383. The smallest absolute Gasteiger partial charge is 0.315 e. The number of amides is 4. The number of carbonyl (C=O) groups is 3. The highest BCUT2D eigenvalue weighted by molar-refractivity contribution is 6.01. The molecule has 0 spiro atoms. The lowest BCUT2D eigenvalue weighted by Crippen LogP contribution is -2.57. The van der Waals surface area contributed by atoms with Crippen LogP contribution >= 0.6 is 0 Å². The molecule has 1 heterocycles. The van der Waals surface area contributed by atoms with E-state index in [2.05, 4.69) is 21.3 Å². The molecule has 0 unspecified atom stereocenters. The lowest BCUT2D eigenvalue weighted by atomic mass is 9.96. The number of hydrogen-bond acceptors (Lipinski definition) is 4. The minimum Gasteiger partial charge on any atom is -0.368 e. The molecule has 1 atom stereocenters. The number of hydrogen-bond donors (Lipinski definition) is 4. The van der Waals surface area contributed by atoms with Crippen LogP contribution in [-0.4, -0.2) is 36.1 Å². The number of rotatable bonds is 7. The van der Waals surface area contributed by atoms with Gasteiger partial charge < -0.3 is 26.0 Å². The lowest BCUT2D eigenvalue weighted by Gasteiger charge is -2.29. The van der Waals surface area contributed by atoms with Crippen molar-refractivity contribution < 1.29 is 19.1 Å². The molecule has 2 aromatic rings. The van der Waals surface area contributed by atoms with Crippen molar-refractivity contribution >= 4 is 29.2 Å². The molecule has 4 rings (SSSR count). The van der Waals surface area contributed by atoms with Gasteiger partial charge >= 0.3 is 6.03 Å². The summed E-state index contributed by atoms with van der Waals surface area (Å²) in [7, 11) is 0. The molecule has 8 nitrogen and oxygen atoms in total. The van der Waals surface area contributed by atoms with E-state index < -0.39 is 11.6 Å². The van der Waals surface area contributed by atoms with Gasteiger partial charge in [-0.1, -0.05) is 43.2 Å². The summed E-state index contributed by atoms with van der Waals surface area (Å²) in [5.41, 5.74) is 1.30. The molecule has 33 heavy (non-hydrogen) atoms. The van der Waals surface area contributed by atoms with Crippen molar-refractivity contribution in [3.63, 3.8) is 0 Å². The standard InChI is InChI=1S/C25H30N4O4/c30-22(21-9-6-16-33-21)27-19-10-12-20(13-11-19)28-23(31)25(14-4-5-15-25)29-24(32)26-17-18-7-2-1-3-8-18/h1-3,7-8,10-13,21H,4-6,9,14-17H2,(H,27,30)(H,28,31)(H2,26,29,32)/t21-/m0/s1. The Labute approximate surface area is 193 Å². The summed E-state index contributed by atoms with van der Waals surface area (Å²) in [4.78, 5) is 37.9. The van der Waals surface area contributed by atoms with E-state index >= 15 is 0 Å². The van der Waals surface area contributed by atoms with Crippen molar-refractivity contribution in [1.82, 2.24) is 10.6 Å². The largest absolute Gasteiger partial charge is 0.368 e. The van der Waals surface area contributed by atoms with Gasteiger partial charge in [-0.15, -0.1) is 0 Å². The average molecular weight is 451 g/mol. The van der Waals surface area contributed by atoms with E-state index in [9.17, 15) is 14.4 Å². The fourth-order valence-electron chi connectivity index (χ4n) is 4.32. The molecule has 1 aliphatic carbocycles. The van der Waals surface area contributed by atoms with E-state index in [0.29, 0.717) is 37.4 Å². The highest BCUT2D eigenvalue weighted by atomic mass is 16.5. The second-order valence-corrected chi connectivity index (χ2v) is 8.60. The number of ether oxygens (including phenoxy) is 1. The Morgan fingerprint density at radius 3 is 2.18 bits per heavy atom. The summed E-state index contributed by atoms with van der Waals surface area (Å²) in [5, 5.41) is 11.5. The van der Waals surface area contributed by atoms with Crippen LogP contribution in [-0.2, 0) is 20.9 Å². The van der Waals surface area contributed by atoms with E-state index in [4.69, 9.17) is 4.74 Å². The number of carbonyl (C=O) groups excluding carboxylic acids is 3. The Morgan fingerprint density at radius 1 is 0.879 bits per heavy atom. The highest BCUT2D eigenvalue weighted by Crippen LogP contribution is 2.31. The van der Waals surface area contributed by atoms with Gasteiger partial charge in [0.25, 0.3) is 5.91 Å². The van der Waals surface area contributed by atoms with E-state index in [1.807, 2.05) is 30.3 Å². The van der Waals surface area contributed by atoms with Crippen LogP contribution in [0.25, 0.3) is 0 Å². The average Bonchev–Trinajstić information content (AvgIpc) is 3.53. The van der Waals surface area contributed by atoms with Crippen LogP contribution < -0.4 is 21.3 Å². The molecule has 2 aliphatic rings. The number of anilines is 2. The molecular formula is C25H30N4O4. The fourth-order valence-corrected chi connectivity index (χ4v) is 4.32. The molecule has 4 amide bonds. The third-order valence-electron chi connectivity index (χ3n) is 6.17. The molecule has 2 fully saturated rings. The van der Waals surface area contributed by atoms with Crippen molar-refractivity contribution in [2.45, 2.75) is 56.7 Å². The summed E-state index contributed by atoms with van der Waals surface area (Å²) in [6.07, 6.45) is 4.16. The van der Waals surface area contributed by atoms with Crippen LogP contribution in [0.1, 0.15) is 44.1 Å². The molecule has 0 bridgehead atoms. The first-order valence-corrected chi connectivity index (χ1v) is 11.5. The van der Waals surface area contributed by atoms with Gasteiger partial charge in [0.2, 0.25) is 5.91 Å². The summed E-state index contributed by atoms with van der Waals surface area (Å²) >= 11 is 0. The van der Waals surface area contributed by atoms with Crippen molar-refractivity contribution in [2.75, 3.05) is 17.2 Å². The van der Waals surface area contributed by atoms with E-state index in [0.717, 1.165) is 31.2 Å². The molecular weight excluding hydrogens is 420 g/mol. The second-order valence-electron chi connectivity index (χ2n) is 8.60. The van der Waals surface area contributed by atoms with E-state index in [1.54, 1.807) is 24.3 Å². The van der Waals surface area contributed by atoms with Gasteiger partial charge in [-0.05, 0) is 55.5 Å². The van der Waals surface area contributed by atoms with Gasteiger partial charge in [-0.3, -0.25) is 9.59 Å². The van der Waals surface area contributed by atoms with Gasteiger partial charge in [-0.25, -0.2) is 4.79 Å². The zero-order valence-corrected chi connectivity index (χ0v) is 18.6. The van der Waals surface area contributed by atoms with Crippen LogP contribution in [0.15, 0.2) is 54.6 Å². The van der Waals surface area contributed by atoms with Gasteiger partial charge in [0, 0.05) is 24.5 Å². The summed E-state index contributed by atoms with van der Waals surface area (Å²) in [6.45, 7) is 1.01. The summed E-state index contributed by atoms with van der Waals surface area (Å²) in [6, 6.07) is 16.2. The van der Waals surface area contributed by atoms with Crippen LogP contribution in [0.5, 0.6) is 0 Å². The number of nitrogens with one attached hydrogen (secondary N) is 4. The molecule has 1 saturated heterocycles. The Hall–Kier alpha value is -3.39. The molecule has 0 radical (unpaired) electrons. The third kappa shape index (κ3) is 5.90. The maximum atomic E-state index is 13.1. The third-order valence-corrected chi connectivity index (χ3v) is 6.17. The van der Waals surface area contributed by atoms with E-state index in [-0.39, 0.29) is 17.8 Å². The van der Waals surface area contributed by atoms with Gasteiger partial charge in [0.15, 0.2) is 0 Å². The zero-order valence-electron chi connectivity index (χ0n) is 18.6. The Kier molecular flexibility index (Phi) is 7.24. The minimum absolute atomic E-state index is 0.153. The molecule has 1 saturated carbocycles. The Bertz CT molecular complexity index is 966. The SMILES string of the molecule is O=C(NCc1ccccc1)NC1(C(=O)Nc2ccc(NC(=O)[C@@H]3CCCO3)cc2)CCCC1. The van der Waals surface area contributed by atoms with Gasteiger partial charge in [0.1, 0.15) is 11.6 Å². The van der Waals surface area contributed by atoms with Crippen molar-refractivity contribution in [2.24, 2.45) is 0 Å². The van der Waals surface area contributed by atoms with Crippen molar-refractivity contribution in [1.29, 1.82) is 0 Å². The van der Waals surface area contributed by atoms with Gasteiger partial charge in [-0.2, -0.15) is 0 Å². The van der Waals surface area contributed by atoms with Crippen LogP contribution in [0.2, 0.25) is 0 Å². The van der Waals surface area contributed by atoms with Gasteiger partial charge in [0.05, 0.1) is 0 Å². The predicted octanol–water partition coefficient (Wildman–Crippen LogP) is 3.55. The molecule has 8 heteroatoms. The Morgan fingerprint density at radius 2 is 1.55 bits per heavy atom. The lowest BCUT2D eigenvalue weighted by molar-refractivity contribution is -0.124. The molecule has 174 valence electrons. The van der Waals surface area contributed by atoms with Crippen molar-refractivity contribution in [3.05, 3.63) is 60.2 Å². The highest BCUT2D eigenvalue weighted by Gasteiger charge is 2.42. The zero-order chi connectivity index (χ0) is 23.1. The van der Waals surface area contributed by atoms with Crippen molar-refractivity contribution in [3.8, 4) is 0 Å². The number of benzene rings is 2. The van der Waals surface area contributed by atoms with E-state index in [1.165, 1.54) is 0 Å². The van der Waals surface area contributed by atoms with Crippen LogP contribution in [0, 0.1) is 0 Å². The Balaban J connectivity index is 1.32. The second kappa shape index (κ2) is 10.5. The topological polar surface area (TPSA) is 109 Å². The maximum Gasteiger partial charge on any atom is 0.315 e. The quantitative estimate of drug-likeness (QED) is 0.517. The molecule has 1 aliphatic heterocycles. The molecule has 2 aromatic carbocycles. The molecule has 0 aromatic heterocycles. The maximum absolute atomic E-state index is 13.1. The fraction of sp³-hybridized carbons (Fsp3) is 0.400. The number of urea groups is 1. The van der Waals surface area contributed by atoms with Crippen LogP contribution in [0.3, 0.4) is 0 Å². The first-order valence-electron chi connectivity index (χ1n) is 11.5.